The molecule has 26 heavy (non-hydrogen) atoms. The minimum Gasteiger partial charge on any atom is -0.395 e. The first kappa shape index (κ1) is 17.7. The third-order valence-corrected chi connectivity index (χ3v) is 4.32. The maximum absolute atomic E-state index is 12.1. The lowest BCUT2D eigenvalue weighted by Crippen LogP contribution is -2.00. The van der Waals surface area contributed by atoms with Crippen LogP contribution in [0.5, 0.6) is 11.5 Å². The fourth-order valence-electron chi connectivity index (χ4n) is 2.35. The molecule has 0 fully saturated rings. The monoisotopic (exact) mass is 371 g/mol. The van der Waals surface area contributed by atoms with Crippen LogP contribution in [0.1, 0.15) is 0 Å². The summed E-state index contributed by atoms with van der Waals surface area (Å²) in [6.45, 7) is 0. The first-order valence-electron chi connectivity index (χ1n) is 7.55. The van der Waals surface area contributed by atoms with Crippen molar-refractivity contribution < 1.29 is 23.4 Å². The van der Waals surface area contributed by atoms with Gasteiger partial charge >= 0.3 is 7.82 Å². The minimum absolute atomic E-state index is 0.141. The summed E-state index contributed by atoms with van der Waals surface area (Å²) in [5.41, 5.74) is 0.784. The lowest BCUT2D eigenvalue weighted by atomic mass is 10.0. The Bertz CT molecular complexity index is 962. The molecule has 3 aromatic carbocycles. The number of nitro groups is 1. The molecular weight excluding hydrogens is 357 g/mol. The maximum Gasteiger partial charge on any atom is 0.584 e. The molecule has 1 atom stereocenters. The van der Waals surface area contributed by atoms with Gasteiger partial charge in [0, 0.05) is 0 Å². The summed E-state index contributed by atoms with van der Waals surface area (Å²) in [4.78, 5) is 20.7. The van der Waals surface area contributed by atoms with Crippen LogP contribution in [0, 0.1) is 10.1 Å². The van der Waals surface area contributed by atoms with Crippen LogP contribution in [0.2, 0.25) is 0 Å². The first-order chi connectivity index (χ1) is 12.4. The van der Waals surface area contributed by atoms with Crippen LogP contribution in [-0.4, -0.2) is 9.82 Å². The average Bonchev–Trinajstić information content (AvgIpc) is 2.62. The molecule has 0 bridgehead atoms. The number of rotatable bonds is 6. The molecule has 0 amide bonds. The van der Waals surface area contributed by atoms with E-state index in [0.29, 0.717) is 11.1 Å². The van der Waals surface area contributed by atoms with E-state index in [1.54, 1.807) is 48.5 Å². The molecule has 0 saturated heterocycles. The standard InChI is InChI=1S/C18H14NO6P/c20-19(21)18-13-16(11-12-17(18)14-7-3-1-4-8-14)25-26(22,23)24-15-9-5-2-6-10-15/h1-13H,(H,22,23). The van der Waals surface area contributed by atoms with Crippen LogP contribution >= 0.6 is 7.82 Å². The molecule has 0 saturated carbocycles. The zero-order valence-corrected chi connectivity index (χ0v) is 14.3. The molecule has 0 aliphatic heterocycles. The Balaban J connectivity index is 1.88. The van der Waals surface area contributed by atoms with E-state index in [2.05, 4.69) is 0 Å². The van der Waals surface area contributed by atoms with Crippen molar-refractivity contribution in [3.05, 3.63) is 89.0 Å². The van der Waals surface area contributed by atoms with Gasteiger partial charge in [0.25, 0.3) is 5.69 Å². The van der Waals surface area contributed by atoms with Gasteiger partial charge in [-0.25, -0.2) is 4.57 Å². The Kier molecular flexibility index (Phi) is 5.02. The Morgan fingerprint density at radius 2 is 1.42 bits per heavy atom. The van der Waals surface area contributed by atoms with E-state index in [-0.39, 0.29) is 17.2 Å². The van der Waals surface area contributed by atoms with Crippen molar-refractivity contribution in [3.8, 4) is 22.6 Å². The van der Waals surface area contributed by atoms with E-state index < -0.39 is 12.7 Å². The smallest absolute Gasteiger partial charge is 0.395 e. The molecular formula is C18H14NO6P. The molecule has 7 nitrogen and oxygen atoms in total. The number of benzene rings is 3. The van der Waals surface area contributed by atoms with Crippen LogP contribution in [0.4, 0.5) is 5.69 Å². The highest BCUT2D eigenvalue weighted by molar-refractivity contribution is 7.48. The first-order valence-corrected chi connectivity index (χ1v) is 9.05. The van der Waals surface area contributed by atoms with E-state index in [1.807, 2.05) is 0 Å². The van der Waals surface area contributed by atoms with Crippen molar-refractivity contribution in [2.75, 3.05) is 0 Å². The highest BCUT2D eigenvalue weighted by atomic mass is 31.2. The second-order valence-corrected chi connectivity index (χ2v) is 6.57. The third kappa shape index (κ3) is 4.27. The van der Waals surface area contributed by atoms with Gasteiger partial charge in [-0.3, -0.25) is 15.0 Å². The van der Waals surface area contributed by atoms with E-state index in [0.717, 1.165) is 6.07 Å². The van der Waals surface area contributed by atoms with Crippen molar-refractivity contribution in [1.29, 1.82) is 0 Å². The molecule has 1 N–H and O–H groups in total. The Labute approximate surface area is 149 Å². The van der Waals surface area contributed by atoms with Crippen molar-refractivity contribution in [3.63, 3.8) is 0 Å². The Hall–Kier alpha value is -3.15. The van der Waals surface area contributed by atoms with Crippen LogP contribution in [0.15, 0.2) is 78.9 Å². The SMILES string of the molecule is O=[N+]([O-])c1cc(OP(=O)(O)Oc2ccccc2)ccc1-c1ccccc1. The van der Waals surface area contributed by atoms with Gasteiger partial charge in [0.2, 0.25) is 0 Å². The van der Waals surface area contributed by atoms with Crippen molar-refractivity contribution in [2.24, 2.45) is 0 Å². The summed E-state index contributed by atoms with van der Waals surface area (Å²) < 4.78 is 22.0. The quantitative estimate of drug-likeness (QED) is 0.379. The molecule has 0 aromatic heterocycles. The summed E-state index contributed by atoms with van der Waals surface area (Å²) >= 11 is 0. The molecule has 0 spiro atoms. The molecule has 132 valence electrons. The van der Waals surface area contributed by atoms with Gasteiger partial charge < -0.3 is 9.05 Å². The molecule has 0 aliphatic rings. The lowest BCUT2D eigenvalue weighted by Gasteiger charge is -2.14. The number of para-hydroxylation sites is 1. The Morgan fingerprint density at radius 3 is 2.04 bits per heavy atom. The van der Waals surface area contributed by atoms with Gasteiger partial charge in [-0.1, -0.05) is 48.5 Å². The molecule has 1 unspecified atom stereocenters. The average molecular weight is 371 g/mol. The van der Waals surface area contributed by atoms with Crippen LogP contribution in [0.3, 0.4) is 0 Å². The molecule has 3 aromatic rings. The summed E-state index contributed by atoms with van der Waals surface area (Å²) in [5, 5.41) is 11.4. The number of nitro benzene ring substituents is 1. The Morgan fingerprint density at radius 1 is 0.846 bits per heavy atom. The van der Waals surface area contributed by atoms with Gasteiger partial charge in [-0.05, 0) is 29.8 Å². The molecule has 0 radical (unpaired) electrons. The predicted molar refractivity (Wildman–Crippen MR) is 96.1 cm³/mol. The van der Waals surface area contributed by atoms with Gasteiger partial charge in [0.15, 0.2) is 0 Å². The molecule has 0 heterocycles. The van der Waals surface area contributed by atoms with Crippen molar-refractivity contribution in [1.82, 2.24) is 0 Å². The number of phosphoric acid groups is 1. The number of hydrogen-bond donors (Lipinski definition) is 1. The largest absolute Gasteiger partial charge is 0.584 e. The second-order valence-electron chi connectivity index (χ2n) is 5.27. The highest BCUT2D eigenvalue weighted by Crippen LogP contribution is 2.45. The predicted octanol–water partition coefficient (Wildman–Crippen LogP) is 4.82. The number of hydrogen-bond acceptors (Lipinski definition) is 5. The minimum atomic E-state index is -4.50. The summed E-state index contributed by atoms with van der Waals surface area (Å²) in [7, 11) is -4.50. The lowest BCUT2D eigenvalue weighted by molar-refractivity contribution is -0.384. The maximum atomic E-state index is 12.1. The number of phosphoric ester groups is 1. The van der Waals surface area contributed by atoms with Crippen LogP contribution < -0.4 is 9.05 Å². The van der Waals surface area contributed by atoms with E-state index >= 15 is 0 Å². The topological polar surface area (TPSA) is 98.9 Å². The van der Waals surface area contributed by atoms with E-state index in [4.69, 9.17) is 9.05 Å². The zero-order valence-electron chi connectivity index (χ0n) is 13.4. The fourth-order valence-corrected chi connectivity index (χ4v) is 3.15. The van der Waals surface area contributed by atoms with Gasteiger partial charge in [0.1, 0.15) is 11.5 Å². The van der Waals surface area contributed by atoms with Gasteiger partial charge in [-0.15, -0.1) is 0 Å². The normalized spacial score (nSPS) is 12.8. The van der Waals surface area contributed by atoms with Crippen LogP contribution in [-0.2, 0) is 4.57 Å². The molecule has 3 rings (SSSR count). The number of nitrogens with zero attached hydrogens (tertiary/aromatic N) is 1. The molecule has 8 heteroatoms. The van der Waals surface area contributed by atoms with Crippen molar-refractivity contribution in [2.45, 2.75) is 0 Å². The third-order valence-electron chi connectivity index (χ3n) is 3.44. The fraction of sp³-hybridized carbons (Fsp3) is 0. The van der Waals surface area contributed by atoms with Gasteiger partial charge in [0.05, 0.1) is 16.6 Å². The van der Waals surface area contributed by atoms with E-state index in [1.165, 1.54) is 24.3 Å². The van der Waals surface area contributed by atoms with Crippen LogP contribution in [0.25, 0.3) is 11.1 Å². The summed E-state index contributed by atoms with van der Waals surface area (Å²) in [5.74, 6) is 0.00637. The highest BCUT2D eigenvalue weighted by Gasteiger charge is 2.27. The second kappa shape index (κ2) is 7.39. The summed E-state index contributed by atoms with van der Waals surface area (Å²) in [6.07, 6.45) is 0. The van der Waals surface area contributed by atoms with E-state index in [9.17, 15) is 19.6 Å². The zero-order chi connectivity index (χ0) is 18.6. The van der Waals surface area contributed by atoms with Crippen molar-refractivity contribution >= 4 is 13.5 Å². The molecule has 0 aliphatic carbocycles. The van der Waals surface area contributed by atoms with Gasteiger partial charge in [-0.2, -0.15) is 0 Å². The summed E-state index contributed by atoms with van der Waals surface area (Å²) in [6, 6.07) is 20.7.